The van der Waals surface area contributed by atoms with Gasteiger partial charge in [0.1, 0.15) is 23.7 Å². The van der Waals surface area contributed by atoms with Gasteiger partial charge in [0.2, 0.25) is 35.4 Å². The number of likely N-dealkylation sites (tertiary alicyclic amines) is 1. The number of carbonyl (C=O) groups is 6. The average Bonchev–Trinajstić information content (AvgIpc) is 2.53. The molecule has 24 heteroatoms. The molecule has 7 rings (SSSR count). The molecule has 3 aliphatic rings. The summed E-state index contributed by atoms with van der Waals surface area (Å²) in [5.41, 5.74) is 10.3. The summed E-state index contributed by atoms with van der Waals surface area (Å²) in [7, 11) is 4.88. The molecule has 84 heavy (non-hydrogen) atoms. The zero-order valence-electron chi connectivity index (χ0n) is 49.8. The fourth-order valence-corrected chi connectivity index (χ4v) is 10.8. The number of hydrogen-bond acceptors (Lipinski definition) is 16. The maximum absolute atomic E-state index is 14.7. The van der Waals surface area contributed by atoms with E-state index in [1.807, 2.05) is 64.1 Å². The Morgan fingerprint density at radius 1 is 0.893 bits per heavy atom. The highest BCUT2D eigenvalue weighted by atomic mass is 19.1. The first-order valence-corrected chi connectivity index (χ1v) is 29.0. The Balaban J connectivity index is 0.779. The van der Waals surface area contributed by atoms with Gasteiger partial charge in [0.25, 0.3) is 5.91 Å². The lowest BCUT2D eigenvalue weighted by Crippen LogP contribution is -2.59. The summed E-state index contributed by atoms with van der Waals surface area (Å²) < 4.78 is 44.8. The Bertz CT molecular complexity index is 2890. The molecule has 458 valence electrons. The number of halogens is 1. The highest BCUT2D eigenvalue weighted by Gasteiger charge is 2.46. The number of methoxy groups -OCH3 is 1. The summed E-state index contributed by atoms with van der Waals surface area (Å²) in [6.07, 6.45) is 4.19. The summed E-state index contributed by atoms with van der Waals surface area (Å²) in [5, 5.41) is 19.7. The standard InChI is InChI=1S/C60H85FN12O11/c1-9-45(39-14-11-10-12-15-39)67-56(77)49-34-42(36-72(49)58(79)53(60(3,4)5)68-55(76)38(2)63-6)66-51(75)20-25-82-27-29-84-31-30-83-28-26-81-24-19-50(74)64-21-23-73-59(80-8)52-40-32-48(54(62)65-35-40)71-22-13-16-47(71)44-33-41(61)17-18-43(44)57(78)70(7)37-46(52)69-73/h10-12,14-15,17-18,32-33,35,38,42,45,47,49,53,63H,9,13,16,19-31,34,36-37H2,1-8H3,(H2,62,65)(H,64,74)(H,66,75)(H,67,77)(H,68,76)/t38-,42-,45+,47-,49-,53?/m1/s1. The van der Waals surface area contributed by atoms with Gasteiger partial charge in [-0.25, -0.2) is 14.1 Å². The van der Waals surface area contributed by atoms with E-state index in [2.05, 4.69) is 36.5 Å². The summed E-state index contributed by atoms with van der Waals surface area (Å²) in [6.45, 7) is 12.6. The Kier molecular flexibility index (Phi) is 23.4. The summed E-state index contributed by atoms with van der Waals surface area (Å²) in [5.74, 6) is -1.54. The molecule has 0 radical (unpaired) electrons. The number of amides is 6. The average molecular weight is 1170 g/mol. The van der Waals surface area contributed by atoms with Crippen molar-refractivity contribution in [2.24, 2.45) is 5.41 Å². The first-order valence-electron chi connectivity index (χ1n) is 29.0. The number of fused-ring (bicyclic) bond motifs is 8. The first kappa shape index (κ1) is 64.3. The number of anilines is 2. The molecule has 6 amide bonds. The molecule has 4 aromatic rings. The van der Waals surface area contributed by atoms with Crippen molar-refractivity contribution in [2.75, 3.05) is 104 Å². The van der Waals surface area contributed by atoms with E-state index in [9.17, 15) is 33.2 Å². The smallest absolute Gasteiger partial charge is 0.254 e. The maximum atomic E-state index is 14.7. The molecule has 2 fully saturated rings. The van der Waals surface area contributed by atoms with Gasteiger partial charge >= 0.3 is 0 Å². The highest BCUT2D eigenvalue weighted by Crippen LogP contribution is 2.44. The first-order chi connectivity index (χ1) is 40.3. The van der Waals surface area contributed by atoms with Gasteiger partial charge in [-0.15, -0.1) is 0 Å². The van der Waals surface area contributed by atoms with Crippen LogP contribution in [-0.4, -0.2) is 178 Å². The summed E-state index contributed by atoms with van der Waals surface area (Å²) in [6, 6.07) is 12.4. The number of nitrogens with zero attached hydrogens (tertiary/aromatic N) is 6. The van der Waals surface area contributed by atoms with Crippen LogP contribution in [0.1, 0.15) is 112 Å². The number of pyridine rings is 1. The number of rotatable bonds is 28. The van der Waals surface area contributed by atoms with Gasteiger partial charge < -0.3 is 70.7 Å². The molecular formula is C60H85FN12O11. The van der Waals surface area contributed by atoms with Crippen molar-refractivity contribution in [2.45, 2.75) is 122 Å². The number of nitrogens with two attached hydrogens (primary N) is 1. The van der Waals surface area contributed by atoms with Gasteiger partial charge in [-0.2, -0.15) is 5.10 Å². The van der Waals surface area contributed by atoms with E-state index in [0.717, 1.165) is 12.0 Å². The highest BCUT2D eigenvalue weighted by molar-refractivity contribution is 5.97. The predicted molar refractivity (Wildman–Crippen MR) is 313 cm³/mol. The normalized spacial score (nSPS) is 17.9. The molecule has 0 aliphatic carbocycles. The van der Waals surface area contributed by atoms with E-state index in [1.54, 1.807) is 36.8 Å². The van der Waals surface area contributed by atoms with Crippen molar-refractivity contribution in [1.82, 2.24) is 51.1 Å². The Hall–Kier alpha value is -7.25. The number of aromatic nitrogens is 3. The van der Waals surface area contributed by atoms with Crippen LogP contribution in [0.15, 0.2) is 60.8 Å². The Morgan fingerprint density at radius 2 is 1.56 bits per heavy atom. The van der Waals surface area contributed by atoms with Gasteiger partial charge in [0.15, 0.2) is 0 Å². The largest absolute Gasteiger partial charge is 0.481 e. The van der Waals surface area contributed by atoms with Gasteiger partial charge in [0, 0.05) is 62.9 Å². The number of nitrogens with one attached hydrogen (secondary N) is 5. The fraction of sp³-hybridized carbons (Fsp3) is 0.567. The fourth-order valence-electron chi connectivity index (χ4n) is 10.8. The van der Waals surface area contributed by atoms with Crippen LogP contribution in [0, 0.1) is 11.2 Å². The Morgan fingerprint density at radius 3 is 2.20 bits per heavy atom. The van der Waals surface area contributed by atoms with Crippen LogP contribution in [0.25, 0.3) is 11.1 Å². The lowest BCUT2D eigenvalue weighted by molar-refractivity contribution is -0.144. The SMILES string of the molecule is CC[C@H](NC(=O)[C@H]1C[C@@H](NC(=O)CCOCCOCCOCCOCCC(=O)NCCn2nc3c(c2OC)-c2cnc(N)c(c2)N2CCC[C@@H]2c2cc(F)ccc2C(=O)N(C)C3)CN1C(=O)C(NC(=O)[C@@H](C)NC)C(C)(C)C)c1ccccc1. The van der Waals surface area contributed by atoms with Crippen molar-refractivity contribution < 1.29 is 56.8 Å². The lowest BCUT2D eigenvalue weighted by Gasteiger charge is -2.36. The predicted octanol–water partition coefficient (Wildman–Crippen LogP) is 4.06. The van der Waals surface area contributed by atoms with E-state index in [0.29, 0.717) is 84.5 Å². The van der Waals surface area contributed by atoms with E-state index in [1.165, 1.54) is 30.2 Å². The molecule has 5 heterocycles. The number of carbonyl (C=O) groups excluding carboxylic acids is 6. The van der Waals surface area contributed by atoms with Gasteiger partial charge in [0.05, 0.1) is 108 Å². The topological polar surface area (TPSA) is 275 Å². The number of nitrogen functional groups attached to an aromatic ring is 1. The van der Waals surface area contributed by atoms with Gasteiger partial charge in [-0.3, -0.25) is 28.8 Å². The van der Waals surface area contributed by atoms with Crippen molar-refractivity contribution >= 4 is 46.9 Å². The minimum Gasteiger partial charge on any atom is -0.481 e. The van der Waals surface area contributed by atoms with Crippen LogP contribution in [0.4, 0.5) is 15.9 Å². The minimum absolute atomic E-state index is 0.0548. The molecule has 7 N–H and O–H groups in total. The molecule has 23 nitrogen and oxygen atoms in total. The summed E-state index contributed by atoms with van der Waals surface area (Å²) >= 11 is 0. The van der Waals surface area contributed by atoms with Crippen LogP contribution >= 0.6 is 0 Å². The molecule has 6 atom stereocenters. The van der Waals surface area contributed by atoms with Crippen molar-refractivity contribution in [3.8, 4) is 17.0 Å². The molecule has 1 unspecified atom stereocenters. The van der Waals surface area contributed by atoms with Crippen LogP contribution in [0.2, 0.25) is 0 Å². The Labute approximate surface area is 491 Å². The third-order valence-electron chi connectivity index (χ3n) is 15.4. The minimum atomic E-state index is -0.934. The third kappa shape index (κ3) is 16.8. The zero-order valence-corrected chi connectivity index (χ0v) is 49.8. The van der Waals surface area contributed by atoms with Crippen LogP contribution < -0.4 is 42.0 Å². The van der Waals surface area contributed by atoms with Crippen LogP contribution in [0.3, 0.4) is 0 Å². The second-order valence-electron chi connectivity index (χ2n) is 22.4. The number of ether oxygens (including phenoxy) is 5. The number of benzene rings is 2. The van der Waals surface area contributed by atoms with Gasteiger partial charge in [-0.05, 0) is 80.5 Å². The van der Waals surface area contributed by atoms with E-state index in [4.69, 9.17) is 34.5 Å². The third-order valence-corrected chi connectivity index (χ3v) is 15.4. The van der Waals surface area contributed by atoms with Crippen LogP contribution in [0.5, 0.6) is 5.88 Å². The monoisotopic (exact) mass is 1170 g/mol. The number of hydrogen-bond donors (Lipinski definition) is 6. The van der Waals surface area contributed by atoms with E-state index < -0.39 is 41.3 Å². The maximum Gasteiger partial charge on any atom is 0.254 e. The lowest BCUT2D eigenvalue weighted by atomic mass is 9.85. The molecule has 2 aromatic heterocycles. The van der Waals surface area contributed by atoms with Crippen LogP contribution in [-0.2, 0) is 56.0 Å². The molecule has 2 bridgehead atoms. The quantitative estimate of drug-likeness (QED) is 0.0438. The van der Waals surface area contributed by atoms with Crippen molar-refractivity contribution in [1.29, 1.82) is 0 Å². The molecule has 3 aliphatic heterocycles. The molecular weight excluding hydrogens is 1080 g/mol. The second-order valence-corrected chi connectivity index (χ2v) is 22.4. The molecule has 0 spiro atoms. The zero-order chi connectivity index (χ0) is 60.5. The van der Waals surface area contributed by atoms with Crippen molar-refractivity contribution in [3.05, 3.63) is 89.0 Å². The molecule has 0 saturated carbocycles. The number of likely N-dealkylation sites (N-methyl/N-ethyl adjacent to an activating group) is 1. The summed E-state index contributed by atoms with van der Waals surface area (Å²) in [4.78, 5) is 91.1. The molecule has 2 aromatic carbocycles. The van der Waals surface area contributed by atoms with Crippen molar-refractivity contribution in [3.63, 3.8) is 0 Å². The second kappa shape index (κ2) is 30.5. The molecule has 2 saturated heterocycles. The van der Waals surface area contributed by atoms with Gasteiger partial charge in [-0.1, -0.05) is 58.0 Å². The van der Waals surface area contributed by atoms with E-state index in [-0.39, 0.29) is 120 Å². The van der Waals surface area contributed by atoms with E-state index >= 15 is 0 Å².